The highest BCUT2D eigenvalue weighted by Crippen LogP contribution is 2.23. The number of rotatable bonds is 7. The number of fused-ring (bicyclic) bond motifs is 1. The number of hydrogen-bond acceptors (Lipinski definition) is 3. The van der Waals surface area contributed by atoms with Crippen LogP contribution < -0.4 is 0 Å². The summed E-state index contributed by atoms with van der Waals surface area (Å²) in [6.45, 7) is 3.00. The molecule has 0 bridgehead atoms. The van der Waals surface area contributed by atoms with Crippen molar-refractivity contribution in [3.8, 4) is 0 Å². The van der Waals surface area contributed by atoms with E-state index in [1.54, 1.807) is 36.2 Å². The van der Waals surface area contributed by atoms with E-state index in [1.165, 1.54) is 5.56 Å². The van der Waals surface area contributed by atoms with Gasteiger partial charge in [0.05, 0.1) is 34.9 Å². The molecule has 1 amide bonds. The lowest BCUT2D eigenvalue weighted by molar-refractivity contribution is 0.0548. The van der Waals surface area contributed by atoms with E-state index in [-0.39, 0.29) is 11.9 Å². The number of likely N-dealkylation sites (N-methyl/N-ethyl adjacent to an activating group) is 1. The summed E-state index contributed by atoms with van der Waals surface area (Å²) in [4.78, 5) is 15.1. The number of methoxy groups -OCH3 is 1. The number of benzene rings is 1. The molecule has 6 heteroatoms. The number of halogens is 1. The standard InChI is InChI=1S/C20H22ClN3O2/c1-3-23(16(14-26-2)12-15-8-5-4-6-9-15)20(25)17-13-22-24-11-7-10-18(21)19(17)24/h4-11,13,16H,3,12,14H2,1-2H3. The van der Waals surface area contributed by atoms with E-state index in [0.29, 0.717) is 29.3 Å². The normalized spacial score (nSPS) is 12.3. The van der Waals surface area contributed by atoms with Crippen molar-refractivity contribution in [1.82, 2.24) is 14.5 Å². The molecule has 0 N–H and O–H groups in total. The molecule has 0 aliphatic rings. The zero-order chi connectivity index (χ0) is 18.5. The minimum absolute atomic E-state index is 0.0719. The van der Waals surface area contributed by atoms with Gasteiger partial charge in [-0.25, -0.2) is 4.52 Å². The summed E-state index contributed by atoms with van der Waals surface area (Å²) >= 11 is 6.31. The van der Waals surface area contributed by atoms with Crippen molar-refractivity contribution in [3.63, 3.8) is 0 Å². The smallest absolute Gasteiger partial charge is 0.258 e. The number of carbonyl (C=O) groups is 1. The van der Waals surface area contributed by atoms with Gasteiger partial charge in [-0.05, 0) is 31.0 Å². The van der Waals surface area contributed by atoms with Gasteiger partial charge in [0.1, 0.15) is 0 Å². The van der Waals surface area contributed by atoms with Crippen LogP contribution in [0.5, 0.6) is 0 Å². The van der Waals surface area contributed by atoms with E-state index < -0.39 is 0 Å². The Balaban J connectivity index is 1.92. The predicted octanol–water partition coefficient (Wildman–Crippen LogP) is 3.71. The molecule has 0 saturated heterocycles. The number of aromatic nitrogens is 2. The van der Waals surface area contributed by atoms with Gasteiger partial charge in [-0.15, -0.1) is 0 Å². The quantitative estimate of drug-likeness (QED) is 0.636. The van der Waals surface area contributed by atoms with Crippen LogP contribution in [0, 0.1) is 0 Å². The minimum Gasteiger partial charge on any atom is -0.383 e. The first-order valence-electron chi connectivity index (χ1n) is 8.61. The molecule has 1 aromatic carbocycles. The van der Waals surface area contributed by atoms with Gasteiger partial charge >= 0.3 is 0 Å². The van der Waals surface area contributed by atoms with Crippen LogP contribution in [0.25, 0.3) is 5.52 Å². The van der Waals surface area contributed by atoms with Crippen molar-refractivity contribution >= 4 is 23.0 Å². The zero-order valence-electron chi connectivity index (χ0n) is 14.9. The Morgan fingerprint density at radius 2 is 2.04 bits per heavy atom. The molecule has 3 aromatic rings. The molecule has 0 saturated carbocycles. The highest BCUT2D eigenvalue weighted by atomic mass is 35.5. The molecular formula is C20H22ClN3O2. The van der Waals surface area contributed by atoms with Crippen LogP contribution in [0.2, 0.25) is 5.02 Å². The lowest BCUT2D eigenvalue weighted by Gasteiger charge is -2.30. The molecular weight excluding hydrogens is 350 g/mol. The number of nitrogens with zero attached hydrogens (tertiary/aromatic N) is 3. The first-order valence-corrected chi connectivity index (χ1v) is 8.99. The van der Waals surface area contributed by atoms with Crippen LogP contribution in [0.4, 0.5) is 0 Å². The predicted molar refractivity (Wildman–Crippen MR) is 103 cm³/mol. The summed E-state index contributed by atoms with van der Waals surface area (Å²) in [5.74, 6) is -0.0893. The fourth-order valence-corrected chi connectivity index (χ4v) is 3.48. The number of ether oxygens (including phenoxy) is 1. The molecule has 2 heterocycles. The van der Waals surface area contributed by atoms with Crippen molar-refractivity contribution in [1.29, 1.82) is 0 Å². The van der Waals surface area contributed by atoms with E-state index in [0.717, 1.165) is 6.42 Å². The number of pyridine rings is 1. The van der Waals surface area contributed by atoms with Crippen LogP contribution >= 0.6 is 11.6 Å². The maximum Gasteiger partial charge on any atom is 0.258 e. The van der Waals surface area contributed by atoms with Gasteiger partial charge in [0.25, 0.3) is 5.91 Å². The third-order valence-corrected chi connectivity index (χ3v) is 4.74. The van der Waals surface area contributed by atoms with Gasteiger partial charge < -0.3 is 9.64 Å². The van der Waals surface area contributed by atoms with Crippen LogP contribution in [0.15, 0.2) is 54.9 Å². The molecule has 2 aromatic heterocycles. The SMILES string of the molecule is CCN(C(=O)c1cnn2cccc(Cl)c12)C(COC)Cc1ccccc1. The molecule has 1 unspecified atom stereocenters. The van der Waals surface area contributed by atoms with E-state index in [1.807, 2.05) is 30.0 Å². The largest absolute Gasteiger partial charge is 0.383 e. The van der Waals surface area contributed by atoms with Crippen LogP contribution in [0.1, 0.15) is 22.8 Å². The van der Waals surface area contributed by atoms with Gasteiger partial charge in [-0.2, -0.15) is 5.10 Å². The maximum atomic E-state index is 13.3. The molecule has 0 spiro atoms. The Kier molecular flexibility index (Phi) is 5.91. The van der Waals surface area contributed by atoms with Crippen molar-refractivity contribution in [2.75, 3.05) is 20.3 Å². The third kappa shape index (κ3) is 3.74. The Labute approximate surface area is 158 Å². The average Bonchev–Trinajstić information content (AvgIpc) is 3.09. The number of carbonyl (C=O) groups excluding carboxylic acids is 1. The lowest BCUT2D eigenvalue weighted by atomic mass is 10.0. The highest BCUT2D eigenvalue weighted by Gasteiger charge is 2.26. The summed E-state index contributed by atoms with van der Waals surface area (Å²) in [6.07, 6.45) is 4.09. The van der Waals surface area contributed by atoms with Gasteiger partial charge in [-0.1, -0.05) is 41.9 Å². The van der Waals surface area contributed by atoms with E-state index in [9.17, 15) is 4.79 Å². The molecule has 1 atom stereocenters. The van der Waals surface area contributed by atoms with Crippen molar-refractivity contribution < 1.29 is 9.53 Å². The average molecular weight is 372 g/mol. The van der Waals surface area contributed by atoms with Crippen LogP contribution in [0.3, 0.4) is 0 Å². The Bertz CT molecular complexity index is 879. The minimum atomic E-state index is -0.0893. The highest BCUT2D eigenvalue weighted by molar-refractivity contribution is 6.34. The van der Waals surface area contributed by atoms with Crippen molar-refractivity contribution in [2.45, 2.75) is 19.4 Å². The maximum absolute atomic E-state index is 13.3. The second-order valence-electron chi connectivity index (χ2n) is 6.10. The summed E-state index contributed by atoms with van der Waals surface area (Å²) in [7, 11) is 1.66. The van der Waals surface area contributed by atoms with Crippen molar-refractivity contribution in [2.24, 2.45) is 0 Å². The van der Waals surface area contributed by atoms with Gasteiger partial charge in [-0.3, -0.25) is 4.79 Å². The molecule has 5 nitrogen and oxygen atoms in total. The first-order chi connectivity index (χ1) is 12.7. The summed E-state index contributed by atoms with van der Waals surface area (Å²) in [6, 6.07) is 13.6. The molecule has 0 radical (unpaired) electrons. The summed E-state index contributed by atoms with van der Waals surface area (Å²) in [5.41, 5.74) is 2.30. The van der Waals surface area contributed by atoms with Gasteiger partial charge in [0, 0.05) is 19.9 Å². The zero-order valence-corrected chi connectivity index (χ0v) is 15.7. The fourth-order valence-electron chi connectivity index (χ4n) is 3.22. The topological polar surface area (TPSA) is 46.8 Å². The van der Waals surface area contributed by atoms with E-state index >= 15 is 0 Å². The second-order valence-corrected chi connectivity index (χ2v) is 6.50. The molecule has 0 aliphatic carbocycles. The number of hydrogen-bond donors (Lipinski definition) is 0. The molecule has 26 heavy (non-hydrogen) atoms. The van der Waals surface area contributed by atoms with Gasteiger partial charge in [0.2, 0.25) is 0 Å². The first kappa shape index (κ1) is 18.4. The molecule has 136 valence electrons. The summed E-state index contributed by atoms with van der Waals surface area (Å²) < 4.78 is 7.03. The van der Waals surface area contributed by atoms with E-state index in [2.05, 4.69) is 17.2 Å². The van der Waals surface area contributed by atoms with Crippen LogP contribution in [-0.2, 0) is 11.2 Å². The Hall–Kier alpha value is -2.37. The Morgan fingerprint density at radius 3 is 2.73 bits per heavy atom. The number of amides is 1. The fraction of sp³-hybridized carbons (Fsp3) is 0.300. The molecule has 0 aliphatic heterocycles. The van der Waals surface area contributed by atoms with Gasteiger partial charge in [0.15, 0.2) is 0 Å². The van der Waals surface area contributed by atoms with Crippen LogP contribution in [-0.4, -0.2) is 46.7 Å². The molecule has 3 rings (SSSR count). The van der Waals surface area contributed by atoms with E-state index in [4.69, 9.17) is 16.3 Å². The monoisotopic (exact) mass is 371 g/mol. The van der Waals surface area contributed by atoms with Crippen molar-refractivity contribution in [3.05, 3.63) is 71.0 Å². The Morgan fingerprint density at radius 1 is 1.27 bits per heavy atom. The lowest BCUT2D eigenvalue weighted by Crippen LogP contribution is -2.44. The second kappa shape index (κ2) is 8.34. The molecule has 0 fully saturated rings. The summed E-state index contributed by atoms with van der Waals surface area (Å²) in [5, 5.41) is 4.77. The third-order valence-electron chi connectivity index (χ3n) is 4.44.